The van der Waals surface area contributed by atoms with Crippen molar-refractivity contribution in [2.45, 2.75) is 83.6 Å². The van der Waals surface area contributed by atoms with Gasteiger partial charge in [-0.2, -0.15) is 0 Å². The standard InChI is InChI=1S/C18H30N2O5/c1-2-3-4-5-6-9-15(21)20-14(11-12-16(20)22)18(25)19-13-8-7-10-17(23)24/h14H,2-13H2,1H3,(H,19,25)(H,23,24). The number of carbonyl (C=O) groups excluding carboxylic acids is 3. The molecule has 1 aliphatic heterocycles. The van der Waals surface area contributed by atoms with Gasteiger partial charge in [0.2, 0.25) is 17.7 Å². The molecule has 1 fully saturated rings. The first-order valence-electron chi connectivity index (χ1n) is 9.31. The van der Waals surface area contributed by atoms with Crippen molar-refractivity contribution in [3.05, 3.63) is 0 Å². The third-order valence-electron chi connectivity index (χ3n) is 4.39. The normalized spacial score (nSPS) is 16.9. The predicted octanol–water partition coefficient (Wildman–Crippen LogP) is 2.24. The lowest BCUT2D eigenvalue weighted by molar-refractivity contribution is -0.148. The highest BCUT2D eigenvalue weighted by atomic mass is 16.4. The summed E-state index contributed by atoms with van der Waals surface area (Å²) in [5, 5.41) is 11.3. The molecule has 3 amide bonds. The first-order chi connectivity index (χ1) is 12.0. The molecule has 1 unspecified atom stereocenters. The zero-order valence-corrected chi connectivity index (χ0v) is 15.1. The highest BCUT2D eigenvalue weighted by Gasteiger charge is 2.39. The molecule has 1 atom stereocenters. The summed E-state index contributed by atoms with van der Waals surface area (Å²) < 4.78 is 0. The van der Waals surface area contributed by atoms with Crippen LogP contribution in [0.4, 0.5) is 0 Å². The summed E-state index contributed by atoms with van der Waals surface area (Å²) in [5.74, 6) is -1.71. The molecule has 2 N–H and O–H groups in total. The Morgan fingerprint density at radius 2 is 1.76 bits per heavy atom. The largest absolute Gasteiger partial charge is 0.481 e. The Bertz CT molecular complexity index is 478. The molecule has 0 aromatic carbocycles. The third kappa shape index (κ3) is 7.67. The van der Waals surface area contributed by atoms with Gasteiger partial charge in [0.1, 0.15) is 6.04 Å². The molecule has 142 valence electrons. The van der Waals surface area contributed by atoms with E-state index in [2.05, 4.69) is 12.2 Å². The van der Waals surface area contributed by atoms with Crippen molar-refractivity contribution in [1.29, 1.82) is 0 Å². The van der Waals surface area contributed by atoms with Crippen molar-refractivity contribution >= 4 is 23.7 Å². The number of imide groups is 1. The third-order valence-corrected chi connectivity index (χ3v) is 4.39. The number of carboxylic acids is 1. The Kier molecular flexibility index (Phi) is 9.80. The van der Waals surface area contributed by atoms with E-state index in [9.17, 15) is 19.2 Å². The van der Waals surface area contributed by atoms with Gasteiger partial charge in [-0.25, -0.2) is 0 Å². The molecule has 0 radical (unpaired) electrons. The van der Waals surface area contributed by atoms with E-state index in [0.717, 1.165) is 37.0 Å². The zero-order valence-electron chi connectivity index (χ0n) is 15.1. The summed E-state index contributed by atoms with van der Waals surface area (Å²) in [6.45, 7) is 2.48. The van der Waals surface area contributed by atoms with Gasteiger partial charge in [-0.1, -0.05) is 32.6 Å². The summed E-state index contributed by atoms with van der Waals surface area (Å²) in [6, 6.07) is -0.713. The molecule has 1 rings (SSSR count). The minimum Gasteiger partial charge on any atom is -0.481 e. The Balaban J connectivity index is 2.38. The van der Waals surface area contributed by atoms with Gasteiger partial charge in [0, 0.05) is 25.8 Å². The Labute approximate surface area is 149 Å². The number of carboxylic acid groups (broad SMARTS) is 1. The zero-order chi connectivity index (χ0) is 18.7. The van der Waals surface area contributed by atoms with Crippen molar-refractivity contribution in [1.82, 2.24) is 10.2 Å². The number of likely N-dealkylation sites (tertiary alicyclic amines) is 1. The van der Waals surface area contributed by atoms with Crippen LogP contribution in [0.2, 0.25) is 0 Å². The van der Waals surface area contributed by atoms with Crippen LogP contribution in [-0.4, -0.2) is 46.3 Å². The lowest BCUT2D eigenvalue weighted by Gasteiger charge is -2.22. The van der Waals surface area contributed by atoms with Crippen LogP contribution < -0.4 is 5.32 Å². The fourth-order valence-electron chi connectivity index (χ4n) is 2.98. The van der Waals surface area contributed by atoms with Crippen molar-refractivity contribution in [2.24, 2.45) is 0 Å². The van der Waals surface area contributed by atoms with Crippen LogP contribution in [0, 0.1) is 0 Å². The van der Waals surface area contributed by atoms with Gasteiger partial charge in [-0.3, -0.25) is 24.1 Å². The molecule has 0 spiro atoms. The summed E-state index contributed by atoms with van der Waals surface area (Å²) in [5.41, 5.74) is 0. The van der Waals surface area contributed by atoms with Crippen molar-refractivity contribution in [3.63, 3.8) is 0 Å². The smallest absolute Gasteiger partial charge is 0.303 e. The summed E-state index contributed by atoms with van der Waals surface area (Å²) in [6.07, 6.45) is 7.06. The minimum absolute atomic E-state index is 0.0699. The molecule has 1 aliphatic rings. The fraction of sp³-hybridized carbons (Fsp3) is 0.778. The van der Waals surface area contributed by atoms with Gasteiger partial charge in [0.25, 0.3) is 0 Å². The molecule has 1 heterocycles. The molecule has 0 aliphatic carbocycles. The number of nitrogens with zero attached hydrogens (tertiary/aromatic N) is 1. The summed E-state index contributed by atoms with van der Waals surface area (Å²) in [4.78, 5) is 48.1. The second-order valence-electron chi connectivity index (χ2n) is 6.52. The van der Waals surface area contributed by atoms with Crippen LogP contribution in [0.5, 0.6) is 0 Å². The lowest BCUT2D eigenvalue weighted by Crippen LogP contribution is -2.47. The maximum atomic E-state index is 12.3. The van der Waals surface area contributed by atoms with Gasteiger partial charge in [-0.15, -0.1) is 0 Å². The van der Waals surface area contributed by atoms with Crippen molar-refractivity contribution in [3.8, 4) is 0 Å². The molecule has 7 heteroatoms. The molecule has 25 heavy (non-hydrogen) atoms. The van der Waals surface area contributed by atoms with Crippen LogP contribution in [0.3, 0.4) is 0 Å². The first kappa shape index (κ1) is 21.1. The molecule has 7 nitrogen and oxygen atoms in total. The highest BCUT2D eigenvalue weighted by Crippen LogP contribution is 2.21. The second-order valence-corrected chi connectivity index (χ2v) is 6.52. The van der Waals surface area contributed by atoms with Crippen LogP contribution in [-0.2, 0) is 19.2 Å². The molecular formula is C18H30N2O5. The van der Waals surface area contributed by atoms with Gasteiger partial charge in [-0.05, 0) is 25.7 Å². The van der Waals surface area contributed by atoms with Gasteiger partial charge < -0.3 is 10.4 Å². The summed E-state index contributed by atoms with van der Waals surface area (Å²) in [7, 11) is 0. The van der Waals surface area contributed by atoms with Crippen LogP contribution in [0.1, 0.15) is 77.6 Å². The van der Waals surface area contributed by atoms with E-state index in [-0.39, 0.29) is 30.6 Å². The van der Waals surface area contributed by atoms with Gasteiger partial charge in [0.15, 0.2) is 0 Å². The minimum atomic E-state index is -0.858. The Morgan fingerprint density at radius 1 is 1.08 bits per heavy atom. The second kappa shape index (κ2) is 11.6. The van der Waals surface area contributed by atoms with Crippen LogP contribution in [0.15, 0.2) is 0 Å². The highest BCUT2D eigenvalue weighted by molar-refractivity contribution is 6.02. The lowest BCUT2D eigenvalue weighted by atomic mass is 10.1. The Hall–Kier alpha value is -1.92. The van der Waals surface area contributed by atoms with E-state index in [1.807, 2.05) is 0 Å². The van der Waals surface area contributed by atoms with Crippen LogP contribution >= 0.6 is 0 Å². The number of rotatable bonds is 12. The Morgan fingerprint density at radius 3 is 2.44 bits per heavy atom. The van der Waals surface area contributed by atoms with Gasteiger partial charge in [0.05, 0.1) is 0 Å². The number of unbranched alkanes of at least 4 members (excludes halogenated alkanes) is 5. The predicted molar refractivity (Wildman–Crippen MR) is 92.7 cm³/mol. The molecular weight excluding hydrogens is 324 g/mol. The number of hydrogen-bond donors (Lipinski definition) is 2. The van der Waals surface area contributed by atoms with E-state index in [1.165, 1.54) is 0 Å². The van der Waals surface area contributed by atoms with Crippen molar-refractivity contribution in [2.75, 3.05) is 6.54 Å². The van der Waals surface area contributed by atoms with E-state index < -0.39 is 12.0 Å². The molecule has 0 aromatic heterocycles. The molecule has 0 aromatic rings. The maximum Gasteiger partial charge on any atom is 0.303 e. The number of hydrogen-bond acceptors (Lipinski definition) is 4. The van der Waals surface area contributed by atoms with E-state index in [4.69, 9.17) is 5.11 Å². The SMILES string of the molecule is CCCCCCCC(=O)N1C(=O)CCC1C(=O)NCCCCC(=O)O. The number of amides is 3. The summed E-state index contributed by atoms with van der Waals surface area (Å²) >= 11 is 0. The van der Waals surface area contributed by atoms with E-state index in [1.54, 1.807) is 0 Å². The van der Waals surface area contributed by atoms with Crippen molar-refractivity contribution < 1.29 is 24.3 Å². The molecule has 0 bridgehead atoms. The fourth-order valence-corrected chi connectivity index (χ4v) is 2.98. The van der Waals surface area contributed by atoms with Crippen LogP contribution in [0.25, 0.3) is 0 Å². The first-order valence-corrected chi connectivity index (χ1v) is 9.31. The average Bonchev–Trinajstić information content (AvgIpc) is 2.95. The number of carbonyl (C=O) groups is 4. The monoisotopic (exact) mass is 354 g/mol. The maximum absolute atomic E-state index is 12.3. The topological polar surface area (TPSA) is 104 Å². The average molecular weight is 354 g/mol. The van der Waals surface area contributed by atoms with Gasteiger partial charge >= 0.3 is 5.97 Å². The van der Waals surface area contributed by atoms with E-state index in [0.29, 0.717) is 32.2 Å². The van der Waals surface area contributed by atoms with E-state index >= 15 is 0 Å². The number of nitrogens with one attached hydrogen (secondary N) is 1. The molecule has 1 saturated heterocycles. The number of aliphatic carboxylic acids is 1. The molecule has 0 saturated carbocycles. The quantitative estimate of drug-likeness (QED) is 0.523.